The molecule has 0 atom stereocenters. The second-order valence-corrected chi connectivity index (χ2v) is 6.00. The maximum absolute atomic E-state index is 14.0. The number of hydrogen-bond donors (Lipinski definition) is 1. The average Bonchev–Trinajstić information content (AvgIpc) is 2.44. The second-order valence-electron chi connectivity index (χ2n) is 4.45. The number of benzene rings is 2. The highest BCUT2D eigenvalue weighted by Crippen LogP contribution is 2.32. The van der Waals surface area contributed by atoms with Gasteiger partial charge in [0.15, 0.2) is 0 Å². The van der Waals surface area contributed by atoms with Crippen molar-refractivity contribution in [3.8, 4) is 0 Å². The minimum atomic E-state index is -0.160. The van der Waals surface area contributed by atoms with Crippen LogP contribution in [-0.2, 0) is 6.54 Å². The molecule has 2 aromatic rings. The fourth-order valence-electron chi connectivity index (χ4n) is 1.83. The lowest BCUT2D eigenvalue weighted by atomic mass is 10.2. The van der Waals surface area contributed by atoms with Crippen LogP contribution in [0.15, 0.2) is 52.3 Å². The molecular formula is C16H17ClFNS. The van der Waals surface area contributed by atoms with Crippen molar-refractivity contribution in [3.63, 3.8) is 0 Å². The van der Waals surface area contributed by atoms with Crippen LogP contribution in [0.5, 0.6) is 0 Å². The summed E-state index contributed by atoms with van der Waals surface area (Å²) in [6.07, 6.45) is 1.04. The number of hydrogen-bond acceptors (Lipinski definition) is 2. The molecule has 0 aromatic heterocycles. The van der Waals surface area contributed by atoms with Crippen molar-refractivity contribution < 1.29 is 4.39 Å². The third-order valence-electron chi connectivity index (χ3n) is 2.85. The molecule has 0 amide bonds. The SMILES string of the molecule is CCCNCc1c(F)cccc1Sc1ccc(Cl)cc1. The first-order valence-corrected chi connectivity index (χ1v) is 7.81. The lowest BCUT2D eigenvalue weighted by Crippen LogP contribution is -2.15. The van der Waals surface area contributed by atoms with Gasteiger partial charge in [0.05, 0.1) is 0 Å². The van der Waals surface area contributed by atoms with Crippen LogP contribution in [0.4, 0.5) is 4.39 Å². The molecule has 0 radical (unpaired) electrons. The standard InChI is InChI=1S/C16H17ClFNS/c1-2-10-19-11-14-15(18)4-3-5-16(14)20-13-8-6-12(17)7-9-13/h3-9,19H,2,10-11H2,1H3. The Hall–Kier alpha value is -1.03. The van der Waals surface area contributed by atoms with Gasteiger partial charge in [0.2, 0.25) is 0 Å². The molecule has 0 aliphatic carbocycles. The fraction of sp³-hybridized carbons (Fsp3) is 0.250. The largest absolute Gasteiger partial charge is 0.313 e. The first kappa shape index (κ1) is 15.4. The lowest BCUT2D eigenvalue weighted by molar-refractivity contribution is 0.578. The molecule has 4 heteroatoms. The Bertz CT molecular complexity index is 557. The quantitative estimate of drug-likeness (QED) is 0.742. The lowest BCUT2D eigenvalue weighted by Gasteiger charge is -2.11. The Morgan fingerprint density at radius 2 is 1.90 bits per heavy atom. The van der Waals surface area contributed by atoms with Gasteiger partial charge in [-0.2, -0.15) is 0 Å². The van der Waals surface area contributed by atoms with Crippen LogP contribution in [-0.4, -0.2) is 6.54 Å². The van der Waals surface area contributed by atoms with Gasteiger partial charge < -0.3 is 5.32 Å². The molecule has 0 bridgehead atoms. The fourth-order valence-corrected chi connectivity index (χ4v) is 2.92. The van der Waals surface area contributed by atoms with Gasteiger partial charge >= 0.3 is 0 Å². The molecule has 1 nitrogen and oxygen atoms in total. The van der Waals surface area contributed by atoms with Gasteiger partial charge in [0, 0.05) is 26.9 Å². The summed E-state index contributed by atoms with van der Waals surface area (Å²) in [6.45, 7) is 3.54. The molecule has 2 aromatic carbocycles. The van der Waals surface area contributed by atoms with Gasteiger partial charge in [-0.15, -0.1) is 0 Å². The summed E-state index contributed by atoms with van der Waals surface area (Å²) < 4.78 is 14.0. The predicted octanol–water partition coefficient (Wildman–Crippen LogP) is 5.13. The number of halogens is 2. The zero-order chi connectivity index (χ0) is 14.4. The third-order valence-corrected chi connectivity index (χ3v) is 4.21. The summed E-state index contributed by atoms with van der Waals surface area (Å²) in [5.41, 5.74) is 0.723. The summed E-state index contributed by atoms with van der Waals surface area (Å²) in [6, 6.07) is 12.8. The van der Waals surface area contributed by atoms with E-state index in [0.717, 1.165) is 28.3 Å². The Morgan fingerprint density at radius 3 is 2.60 bits per heavy atom. The van der Waals surface area contributed by atoms with Crippen molar-refractivity contribution in [1.82, 2.24) is 5.32 Å². The summed E-state index contributed by atoms with van der Waals surface area (Å²) in [5.74, 6) is -0.160. The smallest absolute Gasteiger partial charge is 0.128 e. The second kappa shape index (κ2) is 7.67. The van der Waals surface area contributed by atoms with E-state index in [0.29, 0.717) is 11.6 Å². The van der Waals surface area contributed by atoms with Crippen LogP contribution in [0.25, 0.3) is 0 Å². The minimum Gasteiger partial charge on any atom is -0.313 e. The highest BCUT2D eigenvalue weighted by molar-refractivity contribution is 7.99. The Labute approximate surface area is 128 Å². The molecule has 0 saturated carbocycles. The van der Waals surface area contributed by atoms with Gasteiger partial charge in [0.1, 0.15) is 5.82 Å². The molecule has 0 fully saturated rings. The van der Waals surface area contributed by atoms with Crippen LogP contribution in [0.3, 0.4) is 0 Å². The number of rotatable bonds is 6. The Balaban J connectivity index is 2.17. The monoisotopic (exact) mass is 309 g/mol. The van der Waals surface area contributed by atoms with E-state index in [1.165, 1.54) is 6.07 Å². The first-order valence-electron chi connectivity index (χ1n) is 6.62. The maximum atomic E-state index is 14.0. The van der Waals surface area contributed by atoms with Crippen LogP contribution in [0.2, 0.25) is 5.02 Å². The summed E-state index contributed by atoms with van der Waals surface area (Å²) in [5, 5.41) is 3.96. The molecule has 20 heavy (non-hydrogen) atoms. The van der Waals surface area contributed by atoms with Crippen molar-refractivity contribution >= 4 is 23.4 Å². The van der Waals surface area contributed by atoms with E-state index in [9.17, 15) is 4.39 Å². The zero-order valence-corrected chi connectivity index (χ0v) is 12.9. The molecule has 0 aliphatic rings. The molecule has 2 rings (SSSR count). The van der Waals surface area contributed by atoms with Crippen LogP contribution in [0, 0.1) is 5.82 Å². The molecule has 106 valence electrons. The van der Waals surface area contributed by atoms with Crippen molar-refractivity contribution in [2.24, 2.45) is 0 Å². The van der Waals surface area contributed by atoms with Crippen LogP contribution in [0.1, 0.15) is 18.9 Å². The topological polar surface area (TPSA) is 12.0 Å². The van der Waals surface area contributed by atoms with E-state index in [1.54, 1.807) is 17.8 Å². The highest BCUT2D eigenvalue weighted by Gasteiger charge is 2.09. The first-order chi connectivity index (χ1) is 9.70. The van der Waals surface area contributed by atoms with Gasteiger partial charge in [-0.3, -0.25) is 0 Å². The van der Waals surface area contributed by atoms with Crippen LogP contribution < -0.4 is 5.32 Å². The number of nitrogens with one attached hydrogen (secondary N) is 1. The van der Waals surface area contributed by atoms with Crippen LogP contribution >= 0.6 is 23.4 Å². The van der Waals surface area contributed by atoms with E-state index in [1.807, 2.05) is 30.3 Å². The van der Waals surface area contributed by atoms with E-state index < -0.39 is 0 Å². The molecule has 0 aliphatic heterocycles. The van der Waals surface area contributed by atoms with E-state index in [4.69, 9.17) is 11.6 Å². The van der Waals surface area contributed by atoms with Crippen molar-refractivity contribution in [2.45, 2.75) is 29.7 Å². The molecular weight excluding hydrogens is 293 g/mol. The molecule has 0 spiro atoms. The molecule has 0 unspecified atom stereocenters. The minimum absolute atomic E-state index is 0.160. The van der Waals surface area contributed by atoms with Gasteiger partial charge in [-0.25, -0.2) is 4.39 Å². The molecule has 0 heterocycles. The van der Waals surface area contributed by atoms with Gasteiger partial charge in [-0.05, 0) is 49.4 Å². The van der Waals surface area contributed by atoms with Crippen molar-refractivity contribution in [3.05, 3.63) is 58.9 Å². The zero-order valence-electron chi connectivity index (χ0n) is 11.3. The van der Waals surface area contributed by atoms with E-state index >= 15 is 0 Å². The van der Waals surface area contributed by atoms with E-state index in [-0.39, 0.29) is 5.82 Å². The maximum Gasteiger partial charge on any atom is 0.128 e. The van der Waals surface area contributed by atoms with Gasteiger partial charge in [-0.1, -0.05) is 36.4 Å². The van der Waals surface area contributed by atoms with Crippen molar-refractivity contribution in [2.75, 3.05) is 6.54 Å². The normalized spacial score (nSPS) is 10.8. The highest BCUT2D eigenvalue weighted by atomic mass is 35.5. The predicted molar refractivity (Wildman–Crippen MR) is 84.0 cm³/mol. The third kappa shape index (κ3) is 4.23. The summed E-state index contributed by atoms with van der Waals surface area (Å²) in [4.78, 5) is 1.99. The summed E-state index contributed by atoms with van der Waals surface area (Å²) >= 11 is 7.43. The molecule has 1 N–H and O–H groups in total. The summed E-state index contributed by atoms with van der Waals surface area (Å²) in [7, 11) is 0. The Morgan fingerprint density at radius 1 is 1.15 bits per heavy atom. The molecule has 0 saturated heterocycles. The van der Waals surface area contributed by atoms with Crippen molar-refractivity contribution in [1.29, 1.82) is 0 Å². The van der Waals surface area contributed by atoms with E-state index in [2.05, 4.69) is 12.2 Å². The average molecular weight is 310 g/mol. The Kier molecular flexibility index (Phi) is 5.89. The van der Waals surface area contributed by atoms with Gasteiger partial charge in [0.25, 0.3) is 0 Å².